The summed E-state index contributed by atoms with van der Waals surface area (Å²) in [5, 5.41) is 2.75. The molecule has 25 heavy (non-hydrogen) atoms. The van der Waals surface area contributed by atoms with Crippen molar-refractivity contribution in [2.45, 2.75) is 18.6 Å². The molecule has 0 unspecified atom stereocenters. The Kier molecular flexibility index (Phi) is 5.69. The van der Waals surface area contributed by atoms with Gasteiger partial charge in [-0.3, -0.25) is 9.59 Å². The predicted molar refractivity (Wildman–Crippen MR) is 87.0 cm³/mol. The first-order chi connectivity index (χ1) is 11.7. The summed E-state index contributed by atoms with van der Waals surface area (Å²) in [5.41, 5.74) is 4.26. The molecule has 2 amide bonds. The van der Waals surface area contributed by atoms with E-state index < -0.39 is 35.2 Å². The second-order valence-electron chi connectivity index (χ2n) is 5.30. The Balaban J connectivity index is 2.21. The molecule has 0 heterocycles. The maximum atomic E-state index is 13.0. The Morgan fingerprint density at radius 3 is 2.24 bits per heavy atom. The molecule has 2 aromatic carbocycles. The third kappa shape index (κ3) is 4.96. The number of amides is 2. The SMILES string of the molecule is NC(=O)[C@H](Cc1ccc(Cl)cc1)NC(=O)c1ccccc1C(F)(F)F. The molecule has 0 saturated heterocycles. The van der Waals surface area contributed by atoms with Crippen molar-refractivity contribution in [3.8, 4) is 0 Å². The van der Waals surface area contributed by atoms with E-state index in [9.17, 15) is 22.8 Å². The maximum Gasteiger partial charge on any atom is 0.417 e. The van der Waals surface area contributed by atoms with Crippen LogP contribution in [0.4, 0.5) is 13.2 Å². The number of halogens is 4. The smallest absolute Gasteiger partial charge is 0.368 e. The molecule has 0 saturated carbocycles. The number of alkyl halides is 3. The molecule has 0 bridgehead atoms. The average Bonchev–Trinajstić information content (AvgIpc) is 2.55. The quantitative estimate of drug-likeness (QED) is 0.848. The molecule has 0 aliphatic heterocycles. The third-order valence-corrected chi connectivity index (χ3v) is 3.73. The molecule has 8 heteroatoms. The van der Waals surface area contributed by atoms with Crippen LogP contribution in [0.25, 0.3) is 0 Å². The maximum absolute atomic E-state index is 13.0. The van der Waals surface area contributed by atoms with E-state index in [-0.39, 0.29) is 6.42 Å². The highest BCUT2D eigenvalue weighted by molar-refractivity contribution is 6.30. The Morgan fingerprint density at radius 2 is 1.68 bits per heavy atom. The molecular weight excluding hydrogens is 357 g/mol. The number of carbonyl (C=O) groups excluding carboxylic acids is 2. The molecular formula is C17H14ClF3N2O2. The topological polar surface area (TPSA) is 72.2 Å². The zero-order valence-corrected chi connectivity index (χ0v) is 13.6. The van der Waals surface area contributed by atoms with Gasteiger partial charge in [0.05, 0.1) is 11.1 Å². The number of nitrogens with two attached hydrogens (primary N) is 1. The van der Waals surface area contributed by atoms with Gasteiger partial charge in [-0.1, -0.05) is 35.9 Å². The summed E-state index contributed by atoms with van der Waals surface area (Å²) >= 11 is 5.77. The minimum absolute atomic E-state index is 0.0342. The fourth-order valence-electron chi connectivity index (χ4n) is 2.24. The minimum atomic E-state index is -4.69. The first kappa shape index (κ1) is 18.8. The van der Waals surface area contributed by atoms with Crippen LogP contribution < -0.4 is 11.1 Å². The lowest BCUT2D eigenvalue weighted by atomic mass is 10.0. The zero-order valence-electron chi connectivity index (χ0n) is 12.8. The van der Waals surface area contributed by atoms with E-state index in [4.69, 9.17) is 17.3 Å². The number of primary amides is 1. The van der Waals surface area contributed by atoms with Gasteiger partial charge < -0.3 is 11.1 Å². The Bertz CT molecular complexity index is 776. The largest absolute Gasteiger partial charge is 0.417 e. The van der Waals surface area contributed by atoms with Gasteiger partial charge in [0.25, 0.3) is 5.91 Å². The number of carbonyl (C=O) groups is 2. The van der Waals surface area contributed by atoms with E-state index in [1.165, 1.54) is 12.1 Å². The number of hydrogen-bond acceptors (Lipinski definition) is 2. The molecule has 0 radical (unpaired) electrons. The molecule has 1 atom stereocenters. The van der Waals surface area contributed by atoms with Gasteiger partial charge in [-0.25, -0.2) is 0 Å². The standard InChI is InChI=1S/C17H14ClF3N2O2/c18-11-7-5-10(6-8-11)9-14(15(22)24)23-16(25)12-3-1-2-4-13(12)17(19,20)21/h1-8,14H,9H2,(H2,22,24)(H,23,25)/t14-/m0/s1. The van der Waals surface area contributed by atoms with Crippen LogP contribution in [-0.2, 0) is 17.4 Å². The van der Waals surface area contributed by atoms with Gasteiger partial charge in [0.15, 0.2) is 0 Å². The highest BCUT2D eigenvalue weighted by Gasteiger charge is 2.35. The van der Waals surface area contributed by atoms with Crippen LogP contribution in [0.3, 0.4) is 0 Å². The molecule has 2 aromatic rings. The molecule has 0 aliphatic carbocycles. The first-order valence-corrected chi connectivity index (χ1v) is 7.57. The van der Waals surface area contributed by atoms with E-state index in [2.05, 4.69) is 5.32 Å². The van der Waals surface area contributed by atoms with Crippen molar-refractivity contribution in [3.63, 3.8) is 0 Å². The van der Waals surface area contributed by atoms with Crippen molar-refractivity contribution in [2.24, 2.45) is 5.73 Å². The molecule has 0 fully saturated rings. The summed E-state index contributed by atoms with van der Waals surface area (Å²) in [6.45, 7) is 0. The van der Waals surface area contributed by atoms with E-state index in [0.29, 0.717) is 10.6 Å². The number of rotatable bonds is 5. The Morgan fingerprint density at radius 1 is 1.08 bits per heavy atom. The zero-order chi connectivity index (χ0) is 18.6. The Hall–Kier alpha value is -2.54. The van der Waals surface area contributed by atoms with Crippen molar-refractivity contribution in [3.05, 3.63) is 70.2 Å². The lowest BCUT2D eigenvalue weighted by molar-refractivity contribution is -0.137. The average molecular weight is 371 g/mol. The van der Waals surface area contributed by atoms with E-state index in [1.54, 1.807) is 24.3 Å². The molecule has 4 nitrogen and oxygen atoms in total. The van der Waals surface area contributed by atoms with Crippen LogP contribution in [0.1, 0.15) is 21.5 Å². The molecule has 132 valence electrons. The fraction of sp³-hybridized carbons (Fsp3) is 0.176. The molecule has 3 N–H and O–H groups in total. The first-order valence-electron chi connectivity index (χ1n) is 7.19. The van der Waals surface area contributed by atoms with Crippen LogP contribution in [0.15, 0.2) is 48.5 Å². The van der Waals surface area contributed by atoms with Gasteiger partial charge in [-0.05, 0) is 29.8 Å². The highest BCUT2D eigenvalue weighted by atomic mass is 35.5. The van der Waals surface area contributed by atoms with Crippen molar-refractivity contribution in [2.75, 3.05) is 0 Å². The van der Waals surface area contributed by atoms with Gasteiger partial charge in [-0.15, -0.1) is 0 Å². The molecule has 0 spiro atoms. The second kappa shape index (κ2) is 7.57. The van der Waals surface area contributed by atoms with Crippen molar-refractivity contribution < 1.29 is 22.8 Å². The number of nitrogens with one attached hydrogen (secondary N) is 1. The lowest BCUT2D eigenvalue weighted by Crippen LogP contribution is -2.46. The summed E-state index contributed by atoms with van der Waals surface area (Å²) in [6.07, 6.45) is -4.65. The number of benzene rings is 2. The molecule has 0 aliphatic rings. The highest BCUT2D eigenvalue weighted by Crippen LogP contribution is 2.31. The van der Waals surface area contributed by atoms with Crippen LogP contribution >= 0.6 is 11.6 Å². The van der Waals surface area contributed by atoms with Crippen LogP contribution in [0.5, 0.6) is 0 Å². The second-order valence-corrected chi connectivity index (χ2v) is 5.74. The molecule has 0 aromatic heterocycles. The summed E-state index contributed by atoms with van der Waals surface area (Å²) in [7, 11) is 0. The van der Waals surface area contributed by atoms with E-state index >= 15 is 0 Å². The van der Waals surface area contributed by atoms with Crippen molar-refractivity contribution in [1.82, 2.24) is 5.32 Å². The van der Waals surface area contributed by atoms with Gasteiger partial charge in [-0.2, -0.15) is 13.2 Å². The summed E-state index contributed by atoms with van der Waals surface area (Å²) in [4.78, 5) is 23.8. The molecule has 2 rings (SSSR count). The lowest BCUT2D eigenvalue weighted by Gasteiger charge is -2.18. The monoisotopic (exact) mass is 370 g/mol. The third-order valence-electron chi connectivity index (χ3n) is 3.48. The van der Waals surface area contributed by atoms with Crippen LogP contribution in [0.2, 0.25) is 5.02 Å². The summed E-state index contributed by atoms with van der Waals surface area (Å²) in [6, 6.07) is 9.62. The van der Waals surface area contributed by atoms with Gasteiger partial charge in [0, 0.05) is 11.4 Å². The van der Waals surface area contributed by atoms with Crippen LogP contribution in [0, 0.1) is 0 Å². The van der Waals surface area contributed by atoms with E-state index in [0.717, 1.165) is 12.1 Å². The van der Waals surface area contributed by atoms with Gasteiger partial charge >= 0.3 is 6.18 Å². The minimum Gasteiger partial charge on any atom is -0.368 e. The predicted octanol–water partition coefficient (Wildman–Crippen LogP) is 3.19. The summed E-state index contributed by atoms with van der Waals surface area (Å²) in [5.74, 6) is -1.88. The normalized spacial score (nSPS) is 12.5. The van der Waals surface area contributed by atoms with Gasteiger partial charge in [0.2, 0.25) is 5.91 Å². The van der Waals surface area contributed by atoms with Crippen molar-refractivity contribution >= 4 is 23.4 Å². The summed E-state index contributed by atoms with van der Waals surface area (Å²) < 4.78 is 39.0. The Labute approximate surface area is 146 Å². The fourth-order valence-corrected chi connectivity index (χ4v) is 2.37. The van der Waals surface area contributed by atoms with Crippen molar-refractivity contribution in [1.29, 1.82) is 0 Å². The number of hydrogen-bond donors (Lipinski definition) is 2. The van der Waals surface area contributed by atoms with E-state index in [1.807, 2.05) is 0 Å². The van der Waals surface area contributed by atoms with Gasteiger partial charge in [0.1, 0.15) is 6.04 Å². The van der Waals surface area contributed by atoms with Crippen LogP contribution in [-0.4, -0.2) is 17.9 Å².